The number of carbonyl (C=O) groups excluding carboxylic acids is 2. The monoisotopic (exact) mass is 597 g/mol. The van der Waals surface area contributed by atoms with Gasteiger partial charge in [0.25, 0.3) is 11.8 Å². The Kier molecular flexibility index (Phi) is 8.94. The molecule has 6 nitrogen and oxygen atoms in total. The van der Waals surface area contributed by atoms with Gasteiger partial charge < -0.3 is 15.0 Å². The second-order valence-electron chi connectivity index (χ2n) is 9.84. The molecule has 1 aliphatic rings. The number of rotatable bonds is 8. The summed E-state index contributed by atoms with van der Waals surface area (Å²) in [5, 5.41) is 2.87. The van der Waals surface area contributed by atoms with Crippen LogP contribution in [0.5, 0.6) is 5.75 Å². The standard InChI is InChI=1S/C33H32BrN3O3/c1-24-22-27(34)16-17-30(24)40-23-31(38)35-29-15-9-8-14-28(29)33(39)37-20-18-36(19-21-37)32(25-10-4-2-5-11-25)26-12-6-3-7-13-26/h2-17,22,32H,18-21,23H2,1H3,(H,35,38). The van der Waals surface area contributed by atoms with Crippen LogP contribution in [0.15, 0.2) is 108 Å². The molecule has 0 aliphatic carbocycles. The van der Waals surface area contributed by atoms with E-state index in [0.29, 0.717) is 30.1 Å². The maximum Gasteiger partial charge on any atom is 0.262 e. The van der Waals surface area contributed by atoms with E-state index >= 15 is 0 Å². The summed E-state index contributed by atoms with van der Waals surface area (Å²) >= 11 is 3.43. The van der Waals surface area contributed by atoms with Crippen molar-refractivity contribution < 1.29 is 14.3 Å². The van der Waals surface area contributed by atoms with Crippen LogP contribution in [0.3, 0.4) is 0 Å². The van der Waals surface area contributed by atoms with Crippen molar-refractivity contribution in [3.8, 4) is 5.75 Å². The first-order valence-electron chi connectivity index (χ1n) is 13.4. The first kappa shape index (κ1) is 27.6. The lowest BCUT2D eigenvalue weighted by Crippen LogP contribution is -2.50. The zero-order valence-corrected chi connectivity index (χ0v) is 24.0. The predicted molar refractivity (Wildman–Crippen MR) is 162 cm³/mol. The highest BCUT2D eigenvalue weighted by atomic mass is 79.9. The Balaban J connectivity index is 1.23. The molecule has 4 aromatic rings. The lowest BCUT2D eigenvalue weighted by molar-refractivity contribution is -0.118. The van der Waals surface area contributed by atoms with Gasteiger partial charge >= 0.3 is 0 Å². The minimum atomic E-state index is -0.319. The van der Waals surface area contributed by atoms with E-state index in [1.807, 2.05) is 54.3 Å². The summed E-state index contributed by atoms with van der Waals surface area (Å²) in [6.45, 7) is 4.47. The molecule has 1 N–H and O–H groups in total. The molecule has 1 fully saturated rings. The SMILES string of the molecule is Cc1cc(Br)ccc1OCC(=O)Nc1ccccc1C(=O)N1CCN(C(c2ccccc2)c2ccccc2)CC1. The van der Waals surface area contributed by atoms with E-state index in [4.69, 9.17) is 4.74 Å². The molecule has 1 heterocycles. The van der Waals surface area contributed by atoms with Crippen LogP contribution in [0.1, 0.15) is 33.1 Å². The summed E-state index contributed by atoms with van der Waals surface area (Å²) in [6.07, 6.45) is 0. The molecule has 1 saturated heterocycles. The van der Waals surface area contributed by atoms with Gasteiger partial charge in [0.2, 0.25) is 0 Å². The third-order valence-electron chi connectivity index (χ3n) is 7.12. The van der Waals surface area contributed by atoms with Crippen molar-refractivity contribution in [2.45, 2.75) is 13.0 Å². The van der Waals surface area contributed by atoms with Gasteiger partial charge in [0.05, 0.1) is 17.3 Å². The molecular formula is C33H32BrN3O3. The van der Waals surface area contributed by atoms with Crippen LogP contribution in [-0.4, -0.2) is 54.4 Å². The fourth-order valence-corrected chi connectivity index (χ4v) is 5.60. The maximum atomic E-state index is 13.6. The Morgan fingerprint density at radius 2 is 1.43 bits per heavy atom. The largest absolute Gasteiger partial charge is 0.483 e. The summed E-state index contributed by atoms with van der Waals surface area (Å²) < 4.78 is 6.67. The fourth-order valence-electron chi connectivity index (χ4n) is 5.12. The van der Waals surface area contributed by atoms with Gasteiger partial charge in [0.1, 0.15) is 5.75 Å². The molecule has 0 unspecified atom stereocenters. The minimum Gasteiger partial charge on any atom is -0.483 e. The summed E-state index contributed by atoms with van der Waals surface area (Å²) in [6, 6.07) is 33.9. The number of halogens is 1. The quantitative estimate of drug-likeness (QED) is 0.258. The third kappa shape index (κ3) is 6.61. The van der Waals surface area contributed by atoms with Gasteiger partial charge in [-0.3, -0.25) is 14.5 Å². The van der Waals surface area contributed by atoms with Crippen molar-refractivity contribution in [2.24, 2.45) is 0 Å². The average molecular weight is 599 g/mol. The minimum absolute atomic E-state index is 0.0869. The van der Waals surface area contributed by atoms with E-state index in [1.165, 1.54) is 11.1 Å². The molecule has 4 aromatic carbocycles. The summed E-state index contributed by atoms with van der Waals surface area (Å²) in [4.78, 5) is 30.6. The van der Waals surface area contributed by atoms with Gasteiger partial charge in [0.15, 0.2) is 6.61 Å². The lowest BCUT2D eigenvalue weighted by Gasteiger charge is -2.40. The molecule has 40 heavy (non-hydrogen) atoms. The zero-order valence-electron chi connectivity index (χ0n) is 22.4. The first-order valence-corrected chi connectivity index (χ1v) is 14.2. The number of piperazine rings is 1. The highest BCUT2D eigenvalue weighted by Crippen LogP contribution is 2.30. The van der Waals surface area contributed by atoms with Crippen LogP contribution in [0.25, 0.3) is 0 Å². The highest BCUT2D eigenvalue weighted by Gasteiger charge is 2.29. The van der Waals surface area contributed by atoms with Crippen molar-refractivity contribution in [1.82, 2.24) is 9.80 Å². The van der Waals surface area contributed by atoms with E-state index in [9.17, 15) is 9.59 Å². The number of anilines is 1. The van der Waals surface area contributed by atoms with Crippen LogP contribution < -0.4 is 10.1 Å². The first-order chi connectivity index (χ1) is 19.5. The topological polar surface area (TPSA) is 61.9 Å². The number of hydrogen-bond donors (Lipinski definition) is 1. The van der Waals surface area contributed by atoms with Gasteiger partial charge in [0, 0.05) is 30.7 Å². The Labute approximate surface area is 243 Å². The van der Waals surface area contributed by atoms with Crippen molar-refractivity contribution in [3.05, 3.63) is 130 Å². The van der Waals surface area contributed by atoms with Crippen molar-refractivity contribution in [3.63, 3.8) is 0 Å². The number of amides is 2. The van der Waals surface area contributed by atoms with Crippen LogP contribution >= 0.6 is 15.9 Å². The molecule has 0 aromatic heterocycles. The molecule has 0 atom stereocenters. The smallest absolute Gasteiger partial charge is 0.262 e. The summed E-state index contributed by atoms with van der Waals surface area (Å²) in [7, 11) is 0. The molecule has 0 bridgehead atoms. The van der Waals surface area contributed by atoms with E-state index < -0.39 is 0 Å². The zero-order chi connectivity index (χ0) is 27.9. The van der Waals surface area contributed by atoms with Crippen LogP contribution in [0.4, 0.5) is 5.69 Å². The number of para-hydroxylation sites is 1. The molecule has 2 amide bonds. The molecule has 5 rings (SSSR count). The molecular weight excluding hydrogens is 566 g/mol. The highest BCUT2D eigenvalue weighted by molar-refractivity contribution is 9.10. The number of nitrogens with zero attached hydrogens (tertiary/aromatic N) is 2. The third-order valence-corrected chi connectivity index (χ3v) is 7.62. The second kappa shape index (κ2) is 12.9. The molecule has 0 radical (unpaired) electrons. The van der Waals surface area contributed by atoms with E-state index in [1.54, 1.807) is 12.1 Å². The van der Waals surface area contributed by atoms with E-state index in [2.05, 4.69) is 74.7 Å². The fraction of sp³-hybridized carbons (Fsp3) is 0.212. The molecule has 1 aliphatic heterocycles. The maximum absolute atomic E-state index is 13.6. The van der Waals surface area contributed by atoms with Gasteiger partial charge in [-0.05, 0) is 53.9 Å². The summed E-state index contributed by atoms with van der Waals surface area (Å²) in [5.41, 5.74) is 4.37. The number of benzene rings is 4. The second-order valence-corrected chi connectivity index (χ2v) is 10.8. The molecule has 0 saturated carbocycles. The average Bonchev–Trinajstić information content (AvgIpc) is 2.98. The number of carbonyl (C=O) groups is 2. The van der Waals surface area contributed by atoms with Gasteiger partial charge in [-0.2, -0.15) is 0 Å². The van der Waals surface area contributed by atoms with E-state index in [-0.39, 0.29) is 24.5 Å². The Morgan fingerprint density at radius 1 is 0.825 bits per heavy atom. The number of ether oxygens (including phenoxy) is 1. The lowest BCUT2D eigenvalue weighted by atomic mass is 9.96. The molecule has 7 heteroatoms. The van der Waals surface area contributed by atoms with Crippen molar-refractivity contribution in [1.29, 1.82) is 0 Å². The number of nitrogens with one attached hydrogen (secondary N) is 1. The summed E-state index contributed by atoms with van der Waals surface area (Å²) in [5.74, 6) is 0.238. The van der Waals surface area contributed by atoms with E-state index in [0.717, 1.165) is 23.1 Å². The van der Waals surface area contributed by atoms with Crippen LogP contribution in [0.2, 0.25) is 0 Å². The van der Waals surface area contributed by atoms with Crippen molar-refractivity contribution in [2.75, 3.05) is 38.1 Å². The van der Waals surface area contributed by atoms with Gasteiger partial charge in [-0.25, -0.2) is 0 Å². The predicted octanol–water partition coefficient (Wildman–Crippen LogP) is 6.32. The van der Waals surface area contributed by atoms with Crippen molar-refractivity contribution >= 4 is 33.4 Å². The normalized spacial score (nSPS) is 13.7. The Bertz CT molecular complexity index is 1420. The van der Waals surface area contributed by atoms with Crippen LogP contribution in [-0.2, 0) is 4.79 Å². The van der Waals surface area contributed by atoms with Gasteiger partial charge in [-0.15, -0.1) is 0 Å². The van der Waals surface area contributed by atoms with Gasteiger partial charge in [-0.1, -0.05) is 88.7 Å². The molecule has 0 spiro atoms. The molecule has 204 valence electrons. The Hall–Kier alpha value is -3.94. The van der Waals surface area contributed by atoms with Crippen LogP contribution in [0, 0.1) is 6.92 Å². The number of aryl methyl sites for hydroxylation is 1. The Morgan fingerprint density at radius 3 is 2.05 bits per heavy atom. The number of hydrogen-bond acceptors (Lipinski definition) is 4.